The lowest BCUT2D eigenvalue weighted by Gasteiger charge is -2.35. The molecule has 0 spiro atoms. The predicted molar refractivity (Wildman–Crippen MR) is 75.7 cm³/mol. The van der Waals surface area contributed by atoms with Gasteiger partial charge in [0.25, 0.3) is 0 Å². The van der Waals surface area contributed by atoms with Gasteiger partial charge in [0, 0.05) is 25.4 Å². The van der Waals surface area contributed by atoms with Crippen molar-refractivity contribution >= 4 is 17.8 Å². The number of hydrogen-bond acceptors (Lipinski definition) is 4. The first kappa shape index (κ1) is 17.4. The number of ether oxygens (including phenoxy) is 1. The van der Waals surface area contributed by atoms with Crippen LogP contribution < -0.4 is 5.32 Å². The van der Waals surface area contributed by atoms with Gasteiger partial charge in [-0.25, -0.2) is 0 Å². The minimum atomic E-state index is -0.858. The van der Waals surface area contributed by atoms with Gasteiger partial charge in [-0.2, -0.15) is 0 Å². The quantitative estimate of drug-likeness (QED) is 0.663. The molecular formula is C14H24N2O5. The number of carboxylic acids is 1. The summed E-state index contributed by atoms with van der Waals surface area (Å²) in [6, 6.07) is -0.583. The molecule has 1 aliphatic rings. The molecule has 1 saturated heterocycles. The predicted octanol–water partition coefficient (Wildman–Crippen LogP) is 0.383. The summed E-state index contributed by atoms with van der Waals surface area (Å²) in [6.07, 6.45) is 1.31. The van der Waals surface area contributed by atoms with Gasteiger partial charge in [-0.1, -0.05) is 0 Å². The standard InChI is InChI=1S/C14H24N2O5/c1-10(2)15-14(20)11-9-21-8-7-16(11)12(17)5-3-4-6-13(18)19/h10-11H,3-9H2,1-2H3,(H,15,20)(H,18,19). The Labute approximate surface area is 124 Å². The van der Waals surface area contributed by atoms with E-state index in [1.165, 1.54) is 0 Å². The molecule has 0 aromatic rings. The lowest BCUT2D eigenvalue weighted by atomic mass is 10.1. The van der Waals surface area contributed by atoms with E-state index in [0.717, 1.165) is 0 Å². The number of rotatable bonds is 7. The third kappa shape index (κ3) is 6.12. The van der Waals surface area contributed by atoms with Gasteiger partial charge in [0.2, 0.25) is 11.8 Å². The Kier molecular flexibility index (Phi) is 7.14. The van der Waals surface area contributed by atoms with Crippen LogP contribution in [0.15, 0.2) is 0 Å². The number of amides is 2. The molecule has 0 aliphatic carbocycles. The SMILES string of the molecule is CC(C)NC(=O)C1COCCN1C(=O)CCCCC(=O)O. The Balaban J connectivity index is 2.49. The minimum absolute atomic E-state index is 0.00643. The van der Waals surface area contributed by atoms with E-state index in [-0.39, 0.29) is 37.3 Å². The first-order valence-electron chi connectivity index (χ1n) is 7.31. The Morgan fingerprint density at radius 1 is 1.29 bits per heavy atom. The van der Waals surface area contributed by atoms with E-state index in [9.17, 15) is 14.4 Å². The van der Waals surface area contributed by atoms with Crippen molar-refractivity contribution < 1.29 is 24.2 Å². The average Bonchev–Trinajstić information content (AvgIpc) is 2.42. The van der Waals surface area contributed by atoms with Crippen LogP contribution >= 0.6 is 0 Å². The maximum absolute atomic E-state index is 12.2. The molecule has 7 heteroatoms. The lowest BCUT2D eigenvalue weighted by Crippen LogP contribution is -2.56. The molecule has 1 heterocycles. The fourth-order valence-electron chi connectivity index (χ4n) is 2.20. The van der Waals surface area contributed by atoms with Crippen LogP contribution in [-0.2, 0) is 19.1 Å². The number of unbranched alkanes of at least 4 members (excludes halogenated alkanes) is 1. The van der Waals surface area contributed by atoms with E-state index in [4.69, 9.17) is 9.84 Å². The molecular weight excluding hydrogens is 276 g/mol. The van der Waals surface area contributed by atoms with E-state index < -0.39 is 12.0 Å². The number of carbonyl (C=O) groups is 3. The van der Waals surface area contributed by atoms with Crippen LogP contribution in [0.1, 0.15) is 39.5 Å². The first-order valence-corrected chi connectivity index (χ1v) is 7.31. The van der Waals surface area contributed by atoms with Crippen molar-refractivity contribution in [2.75, 3.05) is 19.8 Å². The molecule has 0 saturated carbocycles. The molecule has 7 nitrogen and oxygen atoms in total. The number of carboxylic acid groups (broad SMARTS) is 1. The second-order valence-electron chi connectivity index (χ2n) is 5.44. The molecule has 1 atom stereocenters. The van der Waals surface area contributed by atoms with Crippen molar-refractivity contribution in [2.45, 2.75) is 51.6 Å². The molecule has 1 aliphatic heterocycles. The van der Waals surface area contributed by atoms with Crippen LogP contribution in [0.4, 0.5) is 0 Å². The smallest absolute Gasteiger partial charge is 0.303 e. The monoisotopic (exact) mass is 300 g/mol. The summed E-state index contributed by atoms with van der Waals surface area (Å²) in [4.78, 5) is 36.2. The summed E-state index contributed by atoms with van der Waals surface area (Å²) in [5.41, 5.74) is 0. The van der Waals surface area contributed by atoms with Gasteiger partial charge in [-0.3, -0.25) is 14.4 Å². The van der Waals surface area contributed by atoms with Crippen molar-refractivity contribution in [3.8, 4) is 0 Å². The van der Waals surface area contributed by atoms with Crippen molar-refractivity contribution in [1.82, 2.24) is 10.2 Å². The summed E-state index contributed by atoms with van der Waals surface area (Å²) >= 11 is 0. The van der Waals surface area contributed by atoms with E-state index in [1.807, 2.05) is 13.8 Å². The topological polar surface area (TPSA) is 95.9 Å². The van der Waals surface area contributed by atoms with Crippen LogP contribution in [-0.4, -0.2) is 59.6 Å². The lowest BCUT2D eigenvalue weighted by molar-refractivity contribution is -0.148. The molecule has 0 bridgehead atoms. The minimum Gasteiger partial charge on any atom is -0.481 e. The molecule has 0 radical (unpaired) electrons. The number of nitrogens with one attached hydrogen (secondary N) is 1. The molecule has 2 amide bonds. The van der Waals surface area contributed by atoms with Crippen molar-refractivity contribution in [3.05, 3.63) is 0 Å². The van der Waals surface area contributed by atoms with Crippen LogP contribution in [0, 0.1) is 0 Å². The molecule has 1 unspecified atom stereocenters. The zero-order valence-electron chi connectivity index (χ0n) is 12.6. The summed E-state index contributed by atoms with van der Waals surface area (Å²) in [5.74, 6) is -1.18. The second kappa shape index (κ2) is 8.61. The van der Waals surface area contributed by atoms with Crippen LogP contribution in [0.2, 0.25) is 0 Å². The van der Waals surface area contributed by atoms with Gasteiger partial charge >= 0.3 is 5.97 Å². The molecule has 21 heavy (non-hydrogen) atoms. The van der Waals surface area contributed by atoms with Crippen LogP contribution in [0.25, 0.3) is 0 Å². The Hall–Kier alpha value is -1.63. The highest BCUT2D eigenvalue weighted by atomic mass is 16.5. The Bertz CT molecular complexity index is 384. The van der Waals surface area contributed by atoms with Gasteiger partial charge in [-0.15, -0.1) is 0 Å². The maximum atomic E-state index is 12.2. The third-order valence-corrected chi connectivity index (χ3v) is 3.21. The summed E-state index contributed by atoms with van der Waals surface area (Å²) < 4.78 is 5.29. The fourth-order valence-corrected chi connectivity index (χ4v) is 2.20. The molecule has 120 valence electrons. The highest BCUT2D eigenvalue weighted by Gasteiger charge is 2.32. The van der Waals surface area contributed by atoms with Crippen LogP contribution in [0.3, 0.4) is 0 Å². The van der Waals surface area contributed by atoms with Gasteiger partial charge in [0.15, 0.2) is 0 Å². The van der Waals surface area contributed by atoms with Crippen molar-refractivity contribution in [2.24, 2.45) is 0 Å². The molecule has 1 rings (SSSR count). The number of morpholine rings is 1. The van der Waals surface area contributed by atoms with E-state index in [0.29, 0.717) is 26.0 Å². The number of nitrogens with zero attached hydrogens (tertiary/aromatic N) is 1. The van der Waals surface area contributed by atoms with E-state index in [2.05, 4.69) is 5.32 Å². The third-order valence-electron chi connectivity index (χ3n) is 3.21. The summed E-state index contributed by atoms with van der Waals surface area (Å²) in [6.45, 7) is 4.75. The molecule has 0 aromatic carbocycles. The summed E-state index contributed by atoms with van der Waals surface area (Å²) in [5, 5.41) is 11.4. The highest BCUT2D eigenvalue weighted by molar-refractivity contribution is 5.88. The van der Waals surface area contributed by atoms with Crippen molar-refractivity contribution in [1.29, 1.82) is 0 Å². The van der Waals surface area contributed by atoms with Gasteiger partial charge < -0.3 is 20.1 Å². The number of hydrogen-bond donors (Lipinski definition) is 2. The second-order valence-corrected chi connectivity index (χ2v) is 5.44. The highest BCUT2D eigenvalue weighted by Crippen LogP contribution is 2.12. The average molecular weight is 300 g/mol. The van der Waals surface area contributed by atoms with Gasteiger partial charge in [0.05, 0.1) is 13.2 Å². The maximum Gasteiger partial charge on any atom is 0.303 e. The van der Waals surface area contributed by atoms with Gasteiger partial charge in [-0.05, 0) is 26.7 Å². The van der Waals surface area contributed by atoms with Gasteiger partial charge in [0.1, 0.15) is 6.04 Å². The zero-order chi connectivity index (χ0) is 15.8. The zero-order valence-corrected chi connectivity index (χ0v) is 12.6. The largest absolute Gasteiger partial charge is 0.481 e. The molecule has 1 fully saturated rings. The Morgan fingerprint density at radius 3 is 2.57 bits per heavy atom. The number of carbonyl (C=O) groups excluding carboxylic acids is 2. The van der Waals surface area contributed by atoms with E-state index in [1.54, 1.807) is 4.90 Å². The molecule has 0 aromatic heterocycles. The normalized spacial score (nSPS) is 18.6. The fraction of sp³-hybridized carbons (Fsp3) is 0.786. The van der Waals surface area contributed by atoms with Crippen molar-refractivity contribution in [3.63, 3.8) is 0 Å². The van der Waals surface area contributed by atoms with E-state index >= 15 is 0 Å². The first-order chi connectivity index (χ1) is 9.91. The number of aliphatic carboxylic acids is 1. The van der Waals surface area contributed by atoms with Crippen LogP contribution in [0.5, 0.6) is 0 Å². The Morgan fingerprint density at radius 2 is 1.95 bits per heavy atom. The molecule has 2 N–H and O–H groups in total. The summed E-state index contributed by atoms with van der Waals surface area (Å²) in [7, 11) is 0.